The van der Waals surface area contributed by atoms with Gasteiger partial charge in [0.15, 0.2) is 5.69 Å². The number of alkyl halides is 3. The van der Waals surface area contributed by atoms with Crippen LogP contribution in [-0.2, 0) is 6.18 Å². The first-order valence-electron chi connectivity index (χ1n) is 3.47. The summed E-state index contributed by atoms with van der Waals surface area (Å²) < 4.78 is 37.0. The second kappa shape index (κ2) is 3.09. The van der Waals surface area contributed by atoms with E-state index in [0.717, 1.165) is 16.9 Å². The Balaban J connectivity index is 2.95. The molecule has 0 aliphatic heterocycles. The lowest BCUT2D eigenvalue weighted by atomic mass is 10.4. The zero-order valence-electron chi connectivity index (χ0n) is 6.71. The van der Waals surface area contributed by atoms with Crippen LogP contribution in [0.3, 0.4) is 0 Å². The number of aromatic nitrogens is 2. The van der Waals surface area contributed by atoms with Gasteiger partial charge in [-0.1, -0.05) is 0 Å². The molecule has 3 nitrogen and oxygen atoms in total. The van der Waals surface area contributed by atoms with Gasteiger partial charge in [0, 0.05) is 6.20 Å². The second-order valence-corrected chi connectivity index (χ2v) is 2.48. The third-order valence-electron chi connectivity index (χ3n) is 1.48. The quantitative estimate of drug-likeness (QED) is 0.677. The fraction of sp³-hybridized carbons (Fsp3) is 0.429. The summed E-state index contributed by atoms with van der Waals surface area (Å²) in [4.78, 5) is 0. The van der Waals surface area contributed by atoms with Crippen LogP contribution in [0.15, 0.2) is 12.3 Å². The van der Waals surface area contributed by atoms with Gasteiger partial charge in [0.05, 0.1) is 6.07 Å². The maximum Gasteiger partial charge on any atom is 0.435 e. The van der Waals surface area contributed by atoms with Crippen molar-refractivity contribution in [1.29, 1.82) is 5.26 Å². The van der Waals surface area contributed by atoms with Gasteiger partial charge >= 0.3 is 6.18 Å². The third kappa shape index (κ3) is 1.99. The first-order chi connectivity index (χ1) is 5.95. The minimum atomic E-state index is -4.44. The van der Waals surface area contributed by atoms with Gasteiger partial charge in [-0.15, -0.1) is 0 Å². The van der Waals surface area contributed by atoms with Crippen LogP contribution >= 0.6 is 0 Å². The summed E-state index contributed by atoms with van der Waals surface area (Å²) in [5.74, 6) is 0. The predicted molar refractivity (Wildman–Crippen MR) is 37.6 cm³/mol. The van der Waals surface area contributed by atoms with Crippen molar-refractivity contribution >= 4 is 0 Å². The molecule has 0 saturated heterocycles. The molecule has 0 aliphatic carbocycles. The molecule has 0 N–H and O–H groups in total. The number of halogens is 3. The number of hydrogen-bond acceptors (Lipinski definition) is 2. The molecule has 0 amide bonds. The van der Waals surface area contributed by atoms with Crippen molar-refractivity contribution in [1.82, 2.24) is 9.78 Å². The molecule has 1 rings (SSSR count). The highest BCUT2D eigenvalue weighted by Crippen LogP contribution is 2.27. The molecule has 0 fully saturated rings. The van der Waals surface area contributed by atoms with E-state index in [-0.39, 0.29) is 0 Å². The second-order valence-electron chi connectivity index (χ2n) is 2.48. The molecule has 0 aliphatic rings. The van der Waals surface area contributed by atoms with Gasteiger partial charge in [0.25, 0.3) is 0 Å². The summed E-state index contributed by atoms with van der Waals surface area (Å²) in [6.45, 7) is 1.47. The molecule has 0 saturated carbocycles. The van der Waals surface area contributed by atoms with Crippen LogP contribution in [0.2, 0.25) is 0 Å². The van der Waals surface area contributed by atoms with Crippen molar-refractivity contribution in [2.24, 2.45) is 0 Å². The molecule has 0 spiro atoms. The SMILES string of the molecule is CC(C#N)n1ccc(C(F)(F)F)n1. The van der Waals surface area contributed by atoms with Crippen LogP contribution in [0.5, 0.6) is 0 Å². The van der Waals surface area contributed by atoms with E-state index in [1.54, 1.807) is 6.07 Å². The maximum atomic E-state index is 12.0. The predicted octanol–water partition coefficient (Wildman–Crippen LogP) is 1.99. The van der Waals surface area contributed by atoms with Crippen molar-refractivity contribution < 1.29 is 13.2 Å². The Labute approximate surface area is 72.4 Å². The lowest BCUT2D eigenvalue weighted by Crippen LogP contribution is -2.09. The molecule has 13 heavy (non-hydrogen) atoms. The van der Waals surface area contributed by atoms with Crippen LogP contribution in [0.1, 0.15) is 18.7 Å². The minimum absolute atomic E-state index is 0.684. The van der Waals surface area contributed by atoms with Crippen molar-refractivity contribution in [2.75, 3.05) is 0 Å². The van der Waals surface area contributed by atoms with Gasteiger partial charge in [0.1, 0.15) is 6.04 Å². The molecule has 1 aromatic rings. The van der Waals surface area contributed by atoms with E-state index in [0.29, 0.717) is 0 Å². The Morgan fingerprint density at radius 3 is 2.62 bits per heavy atom. The standard InChI is InChI=1S/C7H6F3N3/c1-5(4-11)13-3-2-6(12-13)7(8,9)10/h2-3,5H,1H3. The van der Waals surface area contributed by atoms with Crippen LogP contribution in [0.25, 0.3) is 0 Å². The summed E-state index contributed by atoms with van der Waals surface area (Å²) in [7, 11) is 0. The van der Waals surface area contributed by atoms with Gasteiger partial charge in [-0.25, -0.2) is 0 Å². The number of hydrogen-bond donors (Lipinski definition) is 0. The van der Waals surface area contributed by atoms with E-state index >= 15 is 0 Å². The monoisotopic (exact) mass is 189 g/mol. The van der Waals surface area contributed by atoms with E-state index in [4.69, 9.17) is 5.26 Å². The average Bonchev–Trinajstić information content (AvgIpc) is 2.50. The zero-order chi connectivity index (χ0) is 10.1. The normalized spacial score (nSPS) is 13.8. The third-order valence-corrected chi connectivity index (χ3v) is 1.48. The highest BCUT2D eigenvalue weighted by Gasteiger charge is 2.33. The van der Waals surface area contributed by atoms with Crippen molar-refractivity contribution in [3.05, 3.63) is 18.0 Å². The van der Waals surface area contributed by atoms with E-state index in [1.807, 2.05) is 0 Å². The Morgan fingerprint density at radius 1 is 1.62 bits per heavy atom. The first-order valence-corrected chi connectivity index (χ1v) is 3.47. The molecule has 1 unspecified atom stereocenters. The molecular weight excluding hydrogens is 183 g/mol. The molecular formula is C7H6F3N3. The van der Waals surface area contributed by atoms with Crippen LogP contribution in [0.4, 0.5) is 13.2 Å². The Hall–Kier alpha value is -1.51. The Morgan fingerprint density at radius 2 is 2.23 bits per heavy atom. The van der Waals surface area contributed by atoms with Gasteiger partial charge in [-0.2, -0.15) is 23.5 Å². The molecule has 0 radical (unpaired) electrons. The summed E-state index contributed by atoms with van der Waals surface area (Å²) in [5.41, 5.74) is -0.977. The molecule has 0 bridgehead atoms. The number of rotatable bonds is 1. The molecule has 0 aromatic carbocycles. The molecule has 1 heterocycles. The molecule has 70 valence electrons. The fourth-order valence-corrected chi connectivity index (χ4v) is 0.764. The summed E-state index contributed by atoms with van der Waals surface area (Å²) in [6, 6.07) is 1.94. The van der Waals surface area contributed by atoms with Gasteiger partial charge in [-0.3, -0.25) is 4.68 Å². The van der Waals surface area contributed by atoms with Crippen molar-refractivity contribution in [3.63, 3.8) is 0 Å². The Bertz CT molecular complexity index is 333. The highest BCUT2D eigenvalue weighted by atomic mass is 19.4. The van der Waals surface area contributed by atoms with E-state index in [2.05, 4.69) is 5.10 Å². The van der Waals surface area contributed by atoms with E-state index in [9.17, 15) is 13.2 Å². The fourth-order valence-electron chi connectivity index (χ4n) is 0.764. The molecule has 6 heteroatoms. The topological polar surface area (TPSA) is 41.6 Å². The maximum absolute atomic E-state index is 12.0. The average molecular weight is 189 g/mol. The lowest BCUT2D eigenvalue weighted by molar-refractivity contribution is -0.141. The van der Waals surface area contributed by atoms with Crippen molar-refractivity contribution in [3.8, 4) is 6.07 Å². The molecule has 1 atom stereocenters. The summed E-state index contributed by atoms with van der Waals surface area (Å²) in [6.07, 6.45) is -3.31. The van der Waals surface area contributed by atoms with Crippen LogP contribution < -0.4 is 0 Å². The lowest BCUT2D eigenvalue weighted by Gasteiger charge is -2.03. The molecule has 1 aromatic heterocycles. The van der Waals surface area contributed by atoms with Gasteiger partial charge < -0.3 is 0 Å². The van der Waals surface area contributed by atoms with Crippen LogP contribution in [0, 0.1) is 11.3 Å². The Kier molecular flexibility index (Phi) is 2.28. The van der Waals surface area contributed by atoms with Gasteiger partial charge in [-0.05, 0) is 13.0 Å². The smallest absolute Gasteiger partial charge is 0.255 e. The van der Waals surface area contributed by atoms with E-state index < -0.39 is 17.9 Å². The largest absolute Gasteiger partial charge is 0.435 e. The van der Waals surface area contributed by atoms with Crippen LogP contribution in [-0.4, -0.2) is 9.78 Å². The first kappa shape index (κ1) is 9.58. The minimum Gasteiger partial charge on any atom is -0.255 e. The van der Waals surface area contributed by atoms with E-state index in [1.165, 1.54) is 6.92 Å². The number of nitriles is 1. The van der Waals surface area contributed by atoms with Gasteiger partial charge in [0.2, 0.25) is 0 Å². The zero-order valence-corrected chi connectivity index (χ0v) is 6.71. The number of nitrogens with zero attached hydrogens (tertiary/aromatic N) is 3. The highest BCUT2D eigenvalue weighted by molar-refractivity contribution is 5.05. The summed E-state index contributed by atoms with van der Waals surface area (Å²) in [5, 5.41) is 11.6. The summed E-state index contributed by atoms with van der Waals surface area (Å²) >= 11 is 0. The van der Waals surface area contributed by atoms with Crippen molar-refractivity contribution in [2.45, 2.75) is 19.1 Å².